The van der Waals surface area contributed by atoms with E-state index in [1.165, 1.54) is 53.6 Å². The summed E-state index contributed by atoms with van der Waals surface area (Å²) in [5, 5.41) is 4.71. The summed E-state index contributed by atoms with van der Waals surface area (Å²) in [6.07, 6.45) is 0. The fourth-order valence-electron chi connectivity index (χ4n) is 8.80. The number of thiophene rings is 1. The van der Waals surface area contributed by atoms with Crippen molar-refractivity contribution in [2.75, 3.05) is 4.90 Å². The van der Waals surface area contributed by atoms with Crippen molar-refractivity contribution < 1.29 is 4.42 Å². The average Bonchev–Trinajstić information content (AvgIpc) is 3.87. The van der Waals surface area contributed by atoms with Crippen molar-refractivity contribution in [3.8, 4) is 11.1 Å². The van der Waals surface area contributed by atoms with Crippen molar-refractivity contribution in [1.82, 2.24) is 0 Å². The Labute approximate surface area is 319 Å². The lowest BCUT2D eigenvalue weighted by Gasteiger charge is -2.34. The number of benzene rings is 8. The molecule has 53 heavy (non-hydrogen) atoms. The summed E-state index contributed by atoms with van der Waals surface area (Å²) in [5.41, 5.74) is 12.0. The molecule has 0 N–H and O–H groups in total. The van der Waals surface area contributed by atoms with Gasteiger partial charge in [-0.05, 0) is 88.0 Å². The van der Waals surface area contributed by atoms with Crippen LogP contribution in [0, 0.1) is 0 Å². The third-order valence-corrected chi connectivity index (χ3v) is 12.6. The first-order valence-electron chi connectivity index (χ1n) is 17.9. The van der Waals surface area contributed by atoms with Gasteiger partial charge in [0.15, 0.2) is 5.58 Å². The standard InChI is InChI=1S/C49H30BrNOS/c50-33-27-41-37-18-8-11-21-45(37)52-48(41)44(28-33)51(35-24-26-47-40(30-35)38-19-9-12-22-46(38)53-47)34-23-25-43-39(29-34)36-17-7-10-20-42(36)49(43,31-13-3-1-4-14-31)32-15-5-2-6-16-32/h1-30H. The highest BCUT2D eigenvalue weighted by molar-refractivity contribution is 9.10. The van der Waals surface area contributed by atoms with E-state index in [4.69, 9.17) is 4.42 Å². The van der Waals surface area contributed by atoms with Gasteiger partial charge in [-0.25, -0.2) is 0 Å². The maximum absolute atomic E-state index is 6.74. The Kier molecular flexibility index (Phi) is 6.82. The second-order valence-electron chi connectivity index (χ2n) is 13.8. The van der Waals surface area contributed by atoms with Crippen LogP contribution in [0.15, 0.2) is 191 Å². The Morgan fingerprint density at radius 3 is 1.91 bits per heavy atom. The molecular formula is C49H30BrNOS. The van der Waals surface area contributed by atoms with Gasteiger partial charge in [0.1, 0.15) is 5.58 Å². The monoisotopic (exact) mass is 759 g/mol. The molecule has 2 nitrogen and oxygen atoms in total. The average molecular weight is 761 g/mol. The van der Waals surface area contributed by atoms with E-state index < -0.39 is 5.41 Å². The molecule has 2 aromatic heterocycles. The number of hydrogen-bond acceptors (Lipinski definition) is 3. The third kappa shape index (κ3) is 4.49. The van der Waals surface area contributed by atoms with Crippen molar-refractivity contribution >= 4 is 86.4 Å². The van der Waals surface area contributed by atoms with E-state index in [1.54, 1.807) is 0 Å². The van der Waals surface area contributed by atoms with E-state index >= 15 is 0 Å². The highest BCUT2D eigenvalue weighted by Crippen LogP contribution is 2.57. The Bertz CT molecular complexity index is 2990. The lowest BCUT2D eigenvalue weighted by atomic mass is 9.68. The lowest BCUT2D eigenvalue weighted by molar-refractivity contribution is 0.669. The number of rotatable bonds is 5. The topological polar surface area (TPSA) is 16.4 Å². The molecule has 11 rings (SSSR count). The number of furan rings is 1. The molecule has 0 bridgehead atoms. The second-order valence-corrected chi connectivity index (χ2v) is 15.8. The highest BCUT2D eigenvalue weighted by atomic mass is 79.9. The predicted molar refractivity (Wildman–Crippen MR) is 226 cm³/mol. The zero-order valence-corrected chi connectivity index (χ0v) is 30.9. The molecule has 10 aromatic rings. The first-order valence-corrected chi connectivity index (χ1v) is 19.5. The Balaban J connectivity index is 1.22. The van der Waals surface area contributed by atoms with Gasteiger partial charge in [0.25, 0.3) is 0 Å². The molecule has 0 saturated heterocycles. The third-order valence-electron chi connectivity index (χ3n) is 11.0. The highest BCUT2D eigenvalue weighted by Gasteiger charge is 2.46. The molecule has 0 atom stereocenters. The molecule has 1 aliphatic rings. The SMILES string of the molecule is Brc1cc(N(c2ccc3c(c2)-c2ccccc2C3(c2ccccc2)c2ccccc2)c2ccc3sc4ccccc4c3c2)c2oc3ccccc3c2c1. The molecule has 0 amide bonds. The summed E-state index contributed by atoms with van der Waals surface area (Å²) in [6.45, 7) is 0. The van der Waals surface area contributed by atoms with Crippen LogP contribution in [-0.4, -0.2) is 0 Å². The maximum Gasteiger partial charge on any atom is 0.159 e. The van der Waals surface area contributed by atoms with Crippen LogP contribution in [0.1, 0.15) is 22.3 Å². The summed E-state index contributed by atoms with van der Waals surface area (Å²) >= 11 is 5.75. The van der Waals surface area contributed by atoms with Crippen molar-refractivity contribution in [2.45, 2.75) is 5.41 Å². The van der Waals surface area contributed by atoms with Crippen LogP contribution in [0.3, 0.4) is 0 Å². The number of hydrogen-bond donors (Lipinski definition) is 0. The first-order chi connectivity index (χ1) is 26.2. The minimum atomic E-state index is -0.464. The second kappa shape index (κ2) is 11.8. The molecule has 0 aliphatic heterocycles. The molecular weight excluding hydrogens is 731 g/mol. The fourth-order valence-corrected chi connectivity index (χ4v) is 10.3. The van der Waals surface area contributed by atoms with Crippen LogP contribution in [0.4, 0.5) is 17.1 Å². The van der Waals surface area contributed by atoms with Gasteiger partial charge in [0, 0.05) is 46.8 Å². The summed E-state index contributed by atoms with van der Waals surface area (Å²) in [6, 6.07) is 66.2. The minimum Gasteiger partial charge on any atom is -0.454 e. The number of nitrogens with zero attached hydrogens (tertiary/aromatic N) is 1. The van der Waals surface area contributed by atoms with Crippen LogP contribution < -0.4 is 4.90 Å². The van der Waals surface area contributed by atoms with Gasteiger partial charge < -0.3 is 9.32 Å². The summed E-state index contributed by atoms with van der Waals surface area (Å²) in [4.78, 5) is 2.38. The maximum atomic E-state index is 6.74. The molecule has 0 radical (unpaired) electrons. The van der Waals surface area contributed by atoms with Gasteiger partial charge in [-0.15, -0.1) is 11.3 Å². The predicted octanol–water partition coefficient (Wildman–Crippen LogP) is 14.5. The molecule has 0 unspecified atom stereocenters. The van der Waals surface area contributed by atoms with E-state index in [-0.39, 0.29) is 0 Å². The minimum absolute atomic E-state index is 0.464. The molecule has 250 valence electrons. The summed E-state index contributed by atoms with van der Waals surface area (Å²) in [5.74, 6) is 0. The van der Waals surface area contributed by atoms with Gasteiger partial charge in [0.2, 0.25) is 0 Å². The van der Waals surface area contributed by atoms with E-state index in [1.807, 2.05) is 17.4 Å². The Morgan fingerprint density at radius 1 is 0.472 bits per heavy atom. The smallest absolute Gasteiger partial charge is 0.159 e. The van der Waals surface area contributed by atoms with Gasteiger partial charge in [-0.2, -0.15) is 0 Å². The van der Waals surface area contributed by atoms with Crippen molar-refractivity contribution in [2.24, 2.45) is 0 Å². The van der Waals surface area contributed by atoms with Crippen LogP contribution in [0.25, 0.3) is 53.2 Å². The lowest BCUT2D eigenvalue weighted by Crippen LogP contribution is -2.28. The number of fused-ring (bicyclic) bond motifs is 9. The van der Waals surface area contributed by atoms with E-state index in [2.05, 4.69) is 197 Å². The zero-order valence-electron chi connectivity index (χ0n) is 28.5. The van der Waals surface area contributed by atoms with Crippen LogP contribution in [-0.2, 0) is 5.41 Å². The van der Waals surface area contributed by atoms with Crippen molar-refractivity contribution in [3.63, 3.8) is 0 Å². The summed E-state index contributed by atoms with van der Waals surface area (Å²) in [7, 11) is 0. The van der Waals surface area contributed by atoms with Gasteiger partial charge >= 0.3 is 0 Å². The van der Waals surface area contributed by atoms with Gasteiger partial charge in [0.05, 0.1) is 11.1 Å². The molecule has 4 heteroatoms. The largest absolute Gasteiger partial charge is 0.454 e. The van der Waals surface area contributed by atoms with Crippen LogP contribution >= 0.6 is 27.3 Å². The Morgan fingerprint density at radius 2 is 1.09 bits per heavy atom. The van der Waals surface area contributed by atoms with Crippen molar-refractivity contribution in [3.05, 3.63) is 209 Å². The van der Waals surface area contributed by atoms with Crippen molar-refractivity contribution in [1.29, 1.82) is 0 Å². The van der Waals surface area contributed by atoms with Crippen LogP contribution in [0.2, 0.25) is 0 Å². The fraction of sp³-hybridized carbons (Fsp3) is 0.0204. The first kappa shape index (κ1) is 30.7. The number of anilines is 3. The number of halogens is 1. The zero-order chi connectivity index (χ0) is 35.1. The van der Waals surface area contributed by atoms with Crippen LogP contribution in [0.5, 0.6) is 0 Å². The molecule has 2 heterocycles. The van der Waals surface area contributed by atoms with E-state index in [9.17, 15) is 0 Å². The molecule has 0 spiro atoms. The normalized spacial score (nSPS) is 13.2. The molecule has 1 aliphatic carbocycles. The summed E-state index contributed by atoms with van der Waals surface area (Å²) < 4.78 is 10.3. The Hall–Kier alpha value is -5.94. The quantitative estimate of drug-likeness (QED) is 0.174. The van der Waals surface area contributed by atoms with Gasteiger partial charge in [-0.1, -0.05) is 143 Å². The van der Waals surface area contributed by atoms with Gasteiger partial charge in [-0.3, -0.25) is 0 Å². The molecule has 0 fully saturated rings. The number of para-hydroxylation sites is 1. The van der Waals surface area contributed by atoms with E-state index in [0.29, 0.717) is 0 Å². The molecule has 8 aromatic carbocycles. The molecule has 0 saturated carbocycles. The van der Waals surface area contributed by atoms with E-state index in [0.717, 1.165) is 43.5 Å².